The van der Waals surface area contributed by atoms with Crippen LogP contribution in [0, 0.1) is 5.92 Å². The molecule has 1 aliphatic heterocycles. The van der Waals surface area contributed by atoms with Crippen LogP contribution < -0.4 is 4.74 Å². The summed E-state index contributed by atoms with van der Waals surface area (Å²) in [6.45, 7) is 4.12. The zero-order valence-electron chi connectivity index (χ0n) is 22.8. The Balaban J connectivity index is 1.74. The fraction of sp³-hybridized carbons (Fsp3) is 0.367. The molecular weight excluding hydrogens is 516 g/mol. The smallest absolute Gasteiger partial charge is 0.254 e. The number of hydrogen-bond donors (Lipinski definition) is 1. The van der Waals surface area contributed by atoms with Gasteiger partial charge >= 0.3 is 0 Å². The van der Waals surface area contributed by atoms with Crippen LogP contribution in [0.15, 0.2) is 77.7 Å². The molecule has 0 spiro atoms. The molecule has 1 amide bonds. The zero-order valence-corrected chi connectivity index (χ0v) is 23.6. The van der Waals surface area contributed by atoms with Gasteiger partial charge in [-0.2, -0.15) is 4.31 Å². The maximum atomic E-state index is 13.9. The van der Waals surface area contributed by atoms with E-state index >= 15 is 0 Å². The highest BCUT2D eigenvalue weighted by atomic mass is 32.2. The van der Waals surface area contributed by atoms with Gasteiger partial charge < -0.3 is 19.5 Å². The summed E-state index contributed by atoms with van der Waals surface area (Å²) in [5.41, 5.74) is 3.11. The maximum Gasteiger partial charge on any atom is 0.254 e. The number of aliphatic hydroxyl groups excluding tert-OH is 1. The number of fused-ring (bicyclic) bond motifs is 3. The van der Waals surface area contributed by atoms with Crippen LogP contribution >= 0.6 is 0 Å². The van der Waals surface area contributed by atoms with Gasteiger partial charge in [0.25, 0.3) is 5.91 Å². The van der Waals surface area contributed by atoms with Crippen molar-refractivity contribution in [2.45, 2.75) is 37.5 Å². The van der Waals surface area contributed by atoms with Gasteiger partial charge in [-0.15, -0.1) is 0 Å². The summed E-state index contributed by atoms with van der Waals surface area (Å²) in [6.07, 6.45) is -0.546. The monoisotopic (exact) mass is 552 g/mol. The van der Waals surface area contributed by atoms with E-state index in [2.05, 4.69) is 0 Å². The molecule has 39 heavy (non-hydrogen) atoms. The minimum Gasteiger partial charge on any atom is -0.495 e. The molecule has 0 bridgehead atoms. The highest BCUT2D eigenvalue weighted by molar-refractivity contribution is 7.89. The number of benzene rings is 3. The molecule has 1 aliphatic rings. The van der Waals surface area contributed by atoms with Crippen molar-refractivity contribution in [3.8, 4) is 16.9 Å². The standard InChI is InChI=1S/C30H36N2O6S/c1-21-17-32(22(2)19-33)30(34)26-14-8-7-13-25(26)24-12-6-5-11-23(24)20-38-28(21)18-31(3)39(35,36)29-16-10-9-15-27(29)37-4/h5-16,21-22,28,33H,17-20H2,1-4H3/t21-,22+,28-/m1/s1. The molecule has 9 heteroatoms. The summed E-state index contributed by atoms with van der Waals surface area (Å²) in [6, 6.07) is 21.3. The van der Waals surface area contributed by atoms with Gasteiger partial charge in [-0.1, -0.05) is 61.5 Å². The molecule has 3 atom stereocenters. The van der Waals surface area contributed by atoms with Crippen LogP contribution in [0.5, 0.6) is 5.75 Å². The number of ether oxygens (including phenoxy) is 2. The van der Waals surface area contributed by atoms with Crippen LogP contribution in [0.3, 0.4) is 0 Å². The number of likely N-dealkylation sites (N-methyl/N-ethyl adjacent to an activating group) is 1. The van der Waals surface area contributed by atoms with E-state index in [1.807, 2.05) is 49.4 Å². The number of aliphatic hydroxyl groups is 1. The Bertz CT molecular complexity index is 1410. The van der Waals surface area contributed by atoms with Gasteiger partial charge in [-0.25, -0.2) is 8.42 Å². The Morgan fingerprint density at radius 2 is 1.64 bits per heavy atom. The van der Waals surface area contributed by atoms with Crippen molar-refractivity contribution < 1.29 is 27.8 Å². The number of nitrogens with zero attached hydrogens (tertiary/aromatic N) is 2. The highest BCUT2D eigenvalue weighted by Gasteiger charge is 2.33. The molecule has 8 nitrogen and oxygen atoms in total. The van der Waals surface area contributed by atoms with Crippen molar-refractivity contribution in [2.24, 2.45) is 5.92 Å². The average molecular weight is 553 g/mol. The van der Waals surface area contributed by atoms with Crippen LogP contribution in [0.1, 0.15) is 29.8 Å². The van der Waals surface area contributed by atoms with E-state index in [0.29, 0.717) is 5.56 Å². The fourth-order valence-corrected chi connectivity index (χ4v) is 6.24. The number of para-hydroxylation sites is 1. The van der Waals surface area contributed by atoms with E-state index in [9.17, 15) is 18.3 Å². The van der Waals surface area contributed by atoms with Gasteiger partial charge in [0.2, 0.25) is 10.0 Å². The number of sulfonamides is 1. The van der Waals surface area contributed by atoms with Crippen molar-refractivity contribution in [2.75, 3.05) is 33.9 Å². The lowest BCUT2D eigenvalue weighted by molar-refractivity contribution is -0.0146. The van der Waals surface area contributed by atoms with Crippen molar-refractivity contribution >= 4 is 15.9 Å². The lowest BCUT2D eigenvalue weighted by Gasteiger charge is -2.35. The fourth-order valence-electron chi connectivity index (χ4n) is 4.90. The second-order valence-corrected chi connectivity index (χ2v) is 12.0. The Morgan fingerprint density at radius 3 is 2.33 bits per heavy atom. The Labute approximate surface area is 230 Å². The lowest BCUT2D eigenvalue weighted by Crippen LogP contribution is -2.47. The predicted octanol–water partition coefficient (Wildman–Crippen LogP) is 4.04. The first-order valence-corrected chi connectivity index (χ1v) is 14.4. The van der Waals surface area contributed by atoms with Gasteiger partial charge in [0.15, 0.2) is 0 Å². The van der Waals surface area contributed by atoms with E-state index < -0.39 is 22.2 Å². The van der Waals surface area contributed by atoms with Gasteiger partial charge in [0.1, 0.15) is 10.6 Å². The number of rotatable bonds is 7. The molecule has 3 aromatic carbocycles. The Kier molecular flexibility index (Phi) is 9.07. The third-order valence-electron chi connectivity index (χ3n) is 7.29. The lowest BCUT2D eigenvalue weighted by atomic mass is 9.94. The number of hydrogen-bond acceptors (Lipinski definition) is 6. The first-order chi connectivity index (χ1) is 18.7. The molecular formula is C30H36N2O6S. The van der Waals surface area contributed by atoms with Crippen molar-refractivity contribution in [3.05, 3.63) is 83.9 Å². The molecule has 1 N–H and O–H groups in total. The van der Waals surface area contributed by atoms with Crippen molar-refractivity contribution in [1.29, 1.82) is 0 Å². The summed E-state index contributed by atoms with van der Waals surface area (Å²) < 4.78 is 40.1. The first kappa shape index (κ1) is 28.8. The minimum atomic E-state index is -3.89. The van der Waals surface area contributed by atoms with E-state index in [-0.39, 0.29) is 48.8 Å². The van der Waals surface area contributed by atoms with Crippen molar-refractivity contribution in [1.82, 2.24) is 9.21 Å². The quantitative estimate of drug-likeness (QED) is 0.475. The summed E-state index contributed by atoms with van der Waals surface area (Å²) in [4.78, 5) is 15.7. The summed E-state index contributed by atoms with van der Waals surface area (Å²) in [7, 11) is -0.933. The topological polar surface area (TPSA) is 96.4 Å². The maximum absolute atomic E-state index is 13.9. The second-order valence-electron chi connectivity index (χ2n) is 9.95. The van der Waals surface area contributed by atoms with Gasteiger partial charge in [0.05, 0.1) is 32.5 Å². The largest absolute Gasteiger partial charge is 0.495 e. The number of carbonyl (C=O) groups is 1. The zero-order chi connectivity index (χ0) is 28.2. The highest BCUT2D eigenvalue weighted by Crippen LogP contribution is 2.32. The van der Waals surface area contributed by atoms with Gasteiger partial charge in [0, 0.05) is 31.6 Å². The SMILES string of the molecule is COc1ccccc1S(=O)(=O)N(C)C[C@H]1OCc2ccccc2-c2ccccc2C(=O)N([C@@H](C)CO)C[C@H]1C. The molecule has 0 saturated heterocycles. The van der Waals surface area contributed by atoms with Crippen LogP contribution in [0.2, 0.25) is 0 Å². The molecule has 1 heterocycles. The van der Waals surface area contributed by atoms with E-state index in [1.165, 1.54) is 24.5 Å². The van der Waals surface area contributed by atoms with E-state index in [1.54, 1.807) is 36.1 Å². The number of carbonyl (C=O) groups excluding carboxylic acids is 1. The molecule has 0 radical (unpaired) electrons. The molecule has 0 unspecified atom stereocenters. The van der Waals surface area contributed by atoms with Gasteiger partial charge in [-0.05, 0) is 41.8 Å². The van der Waals surface area contributed by atoms with Crippen molar-refractivity contribution in [3.63, 3.8) is 0 Å². The van der Waals surface area contributed by atoms with Crippen LogP contribution in [0.25, 0.3) is 11.1 Å². The minimum absolute atomic E-state index is 0.0617. The molecule has 0 saturated carbocycles. The van der Waals surface area contributed by atoms with E-state index in [4.69, 9.17) is 9.47 Å². The average Bonchev–Trinajstić information content (AvgIpc) is 2.98. The van der Waals surface area contributed by atoms with E-state index in [0.717, 1.165) is 16.7 Å². The molecule has 3 aromatic rings. The molecule has 4 rings (SSSR count). The van der Waals surface area contributed by atoms with Crippen LogP contribution in [-0.4, -0.2) is 74.6 Å². The molecule has 0 aliphatic carbocycles. The van der Waals surface area contributed by atoms with Crippen LogP contribution in [0.4, 0.5) is 0 Å². The van der Waals surface area contributed by atoms with Gasteiger partial charge in [-0.3, -0.25) is 4.79 Å². The predicted molar refractivity (Wildman–Crippen MR) is 150 cm³/mol. The third-order valence-corrected chi connectivity index (χ3v) is 9.15. The molecule has 0 aromatic heterocycles. The molecule has 208 valence electrons. The Morgan fingerprint density at radius 1 is 1.03 bits per heavy atom. The normalized spacial score (nSPS) is 19.1. The molecule has 0 fully saturated rings. The number of amides is 1. The first-order valence-electron chi connectivity index (χ1n) is 13.0. The summed E-state index contributed by atoms with van der Waals surface area (Å²) in [5, 5.41) is 10.0. The third kappa shape index (κ3) is 6.01. The Hall–Kier alpha value is -3.24. The second kappa shape index (κ2) is 12.3. The summed E-state index contributed by atoms with van der Waals surface area (Å²) >= 11 is 0. The number of methoxy groups -OCH3 is 1. The van der Waals surface area contributed by atoms with Crippen LogP contribution in [-0.2, 0) is 21.4 Å². The summed E-state index contributed by atoms with van der Waals surface area (Å²) in [5.74, 6) is -0.180.